The van der Waals surface area contributed by atoms with Gasteiger partial charge in [0.05, 0.1) is 12.7 Å². The Morgan fingerprint density at radius 3 is 2.11 bits per heavy atom. The van der Waals surface area contributed by atoms with Crippen LogP contribution in [0.25, 0.3) is 0 Å². The van der Waals surface area contributed by atoms with Crippen LogP contribution in [0, 0.1) is 17.8 Å². The molecule has 0 radical (unpaired) electrons. The van der Waals surface area contributed by atoms with Gasteiger partial charge in [0.2, 0.25) is 0 Å². The van der Waals surface area contributed by atoms with E-state index in [4.69, 9.17) is 4.74 Å². The van der Waals surface area contributed by atoms with Crippen molar-refractivity contribution in [2.24, 2.45) is 17.8 Å². The van der Waals surface area contributed by atoms with Gasteiger partial charge in [0.25, 0.3) is 5.91 Å². The molecule has 4 saturated carbocycles. The van der Waals surface area contributed by atoms with Gasteiger partial charge in [0.15, 0.2) is 0 Å². The molecular weight excluding hydrogens is 436 g/mol. The summed E-state index contributed by atoms with van der Waals surface area (Å²) in [6.45, 7) is 0. The Kier molecular flexibility index (Phi) is 5.36. The molecule has 0 heterocycles. The quantitative estimate of drug-likeness (QED) is 0.405. The minimum Gasteiger partial charge on any atom is -0.465 e. The smallest absolute Gasteiger partial charge is 0.337 e. The summed E-state index contributed by atoms with van der Waals surface area (Å²) in [6.07, 6.45) is 7.11. The van der Waals surface area contributed by atoms with Crippen LogP contribution in [-0.2, 0) is 10.2 Å². The van der Waals surface area contributed by atoms with Gasteiger partial charge in [-0.2, -0.15) is 0 Å². The maximum Gasteiger partial charge on any atom is 0.337 e. The highest BCUT2D eigenvalue weighted by Gasteiger charge is 2.58. The predicted octanol–water partition coefficient (Wildman–Crippen LogP) is 6.55. The molecule has 5 nitrogen and oxygen atoms in total. The van der Waals surface area contributed by atoms with Crippen LogP contribution >= 0.6 is 0 Å². The second-order valence-electron chi connectivity index (χ2n) is 10.5. The lowest BCUT2D eigenvalue weighted by molar-refractivity contribution is 0.0600. The third kappa shape index (κ3) is 3.99. The molecule has 1 amide bonds. The molecule has 3 aromatic carbocycles. The number of esters is 1. The molecule has 0 spiro atoms. The van der Waals surface area contributed by atoms with Gasteiger partial charge in [-0.05, 0) is 115 Å². The van der Waals surface area contributed by atoms with Gasteiger partial charge < -0.3 is 15.4 Å². The van der Waals surface area contributed by atoms with Crippen molar-refractivity contribution in [1.82, 2.24) is 0 Å². The van der Waals surface area contributed by atoms with Gasteiger partial charge in [-0.3, -0.25) is 4.79 Å². The van der Waals surface area contributed by atoms with Gasteiger partial charge in [-0.1, -0.05) is 18.2 Å². The van der Waals surface area contributed by atoms with Gasteiger partial charge in [0.1, 0.15) is 0 Å². The van der Waals surface area contributed by atoms with Crippen LogP contribution < -0.4 is 10.6 Å². The molecule has 0 saturated heterocycles. The first kappa shape index (κ1) is 21.9. The molecule has 4 bridgehead atoms. The molecule has 4 aliphatic rings. The first-order valence-corrected chi connectivity index (χ1v) is 12.5. The summed E-state index contributed by atoms with van der Waals surface area (Å²) in [5.74, 6) is 2.14. The van der Waals surface area contributed by atoms with E-state index in [1.54, 1.807) is 36.4 Å². The molecule has 4 fully saturated rings. The molecule has 35 heavy (non-hydrogen) atoms. The van der Waals surface area contributed by atoms with Crippen LogP contribution in [0.15, 0.2) is 72.8 Å². The van der Waals surface area contributed by atoms with E-state index in [1.165, 1.54) is 44.8 Å². The van der Waals surface area contributed by atoms with Crippen LogP contribution in [0.4, 0.5) is 17.1 Å². The van der Waals surface area contributed by atoms with Crippen molar-refractivity contribution in [3.8, 4) is 0 Å². The maximum absolute atomic E-state index is 12.7. The van der Waals surface area contributed by atoms with Crippen molar-refractivity contribution in [3.63, 3.8) is 0 Å². The molecule has 3 aromatic rings. The van der Waals surface area contributed by atoms with E-state index >= 15 is 0 Å². The van der Waals surface area contributed by atoms with Crippen molar-refractivity contribution in [3.05, 3.63) is 89.5 Å². The largest absolute Gasteiger partial charge is 0.465 e. The average Bonchev–Trinajstić information content (AvgIpc) is 3.28. The third-order valence-electron chi connectivity index (χ3n) is 8.43. The first-order chi connectivity index (χ1) is 17.0. The Hall–Kier alpha value is -3.60. The molecule has 5 heteroatoms. The number of carbonyl (C=O) groups excluding carboxylic acids is 2. The lowest BCUT2D eigenvalue weighted by Crippen LogP contribution is -2.27. The fourth-order valence-corrected chi connectivity index (χ4v) is 7.07. The summed E-state index contributed by atoms with van der Waals surface area (Å²) in [4.78, 5) is 24.4. The highest BCUT2D eigenvalue weighted by Crippen LogP contribution is 2.65. The Morgan fingerprint density at radius 1 is 0.800 bits per heavy atom. The van der Waals surface area contributed by atoms with Crippen LogP contribution in [0.2, 0.25) is 0 Å². The van der Waals surface area contributed by atoms with Crippen molar-refractivity contribution in [2.75, 3.05) is 17.7 Å². The van der Waals surface area contributed by atoms with Crippen LogP contribution in [0.5, 0.6) is 0 Å². The van der Waals surface area contributed by atoms with Gasteiger partial charge in [0, 0.05) is 22.6 Å². The van der Waals surface area contributed by atoms with Gasteiger partial charge in [-0.25, -0.2) is 4.79 Å². The van der Waals surface area contributed by atoms with Crippen LogP contribution in [0.1, 0.15) is 58.4 Å². The van der Waals surface area contributed by atoms with E-state index in [0.717, 1.165) is 29.1 Å². The molecule has 0 aliphatic heterocycles. The third-order valence-corrected chi connectivity index (χ3v) is 8.43. The molecular formula is C30H30N2O3. The summed E-state index contributed by atoms with van der Waals surface area (Å²) in [7, 11) is 1.33. The Bertz CT molecular complexity index is 1250. The van der Waals surface area contributed by atoms with E-state index in [1.807, 2.05) is 12.1 Å². The molecule has 4 aliphatic carbocycles. The molecule has 178 valence electrons. The molecule has 2 atom stereocenters. The summed E-state index contributed by atoms with van der Waals surface area (Å²) in [6, 6.07) is 23.2. The predicted molar refractivity (Wildman–Crippen MR) is 137 cm³/mol. The summed E-state index contributed by atoms with van der Waals surface area (Å²) < 4.78 is 4.74. The Morgan fingerprint density at radius 2 is 1.46 bits per heavy atom. The van der Waals surface area contributed by atoms with E-state index in [9.17, 15) is 9.59 Å². The van der Waals surface area contributed by atoms with Crippen molar-refractivity contribution < 1.29 is 14.3 Å². The SMILES string of the molecule is COC(=O)c1cccc(NC(=O)c2ccc(Nc3ccc(C45CC6CC(CC4C6)C5)cc3)cc2)c1. The normalized spacial score (nSPS) is 25.9. The Balaban J connectivity index is 1.10. The maximum atomic E-state index is 12.7. The monoisotopic (exact) mass is 466 g/mol. The lowest BCUT2D eigenvalue weighted by atomic mass is 9.71. The van der Waals surface area contributed by atoms with Crippen molar-refractivity contribution in [1.29, 1.82) is 0 Å². The number of hydrogen-bond acceptors (Lipinski definition) is 4. The second-order valence-corrected chi connectivity index (χ2v) is 10.5. The first-order valence-electron chi connectivity index (χ1n) is 12.5. The topological polar surface area (TPSA) is 67.4 Å². The number of nitrogens with one attached hydrogen (secondary N) is 2. The number of amides is 1. The average molecular weight is 467 g/mol. The highest BCUT2D eigenvalue weighted by molar-refractivity contribution is 6.05. The minimum absolute atomic E-state index is 0.233. The summed E-state index contributed by atoms with van der Waals surface area (Å²) in [5, 5.41) is 6.29. The zero-order chi connectivity index (χ0) is 24.0. The van der Waals surface area contributed by atoms with Crippen LogP contribution in [-0.4, -0.2) is 19.0 Å². The van der Waals surface area contributed by atoms with Crippen LogP contribution in [0.3, 0.4) is 0 Å². The standard InChI is InChI=1S/C30H30N2O3/c1-35-29(34)22-3-2-4-27(16-22)32-28(33)21-5-9-25(10-6-21)31-26-11-7-23(8-12-26)30-17-19-13-20(18-30)15-24(30)14-19/h2-12,16,19-20,24,31H,13-15,17-18H2,1H3,(H,32,33). The van der Waals surface area contributed by atoms with Gasteiger partial charge in [-0.15, -0.1) is 0 Å². The van der Waals surface area contributed by atoms with E-state index < -0.39 is 5.97 Å². The zero-order valence-corrected chi connectivity index (χ0v) is 19.9. The molecule has 2 unspecified atom stereocenters. The van der Waals surface area contributed by atoms with E-state index in [-0.39, 0.29) is 5.91 Å². The molecule has 0 aromatic heterocycles. The number of methoxy groups -OCH3 is 1. The second kappa shape index (κ2) is 8.56. The lowest BCUT2D eigenvalue weighted by Gasteiger charge is -2.33. The van der Waals surface area contributed by atoms with Crippen molar-refractivity contribution >= 4 is 28.9 Å². The van der Waals surface area contributed by atoms with E-state index in [2.05, 4.69) is 34.9 Å². The fourth-order valence-electron chi connectivity index (χ4n) is 7.07. The van der Waals surface area contributed by atoms with Gasteiger partial charge >= 0.3 is 5.97 Å². The zero-order valence-electron chi connectivity index (χ0n) is 19.9. The number of carbonyl (C=O) groups is 2. The molecule has 2 N–H and O–H groups in total. The highest BCUT2D eigenvalue weighted by atomic mass is 16.5. The molecule has 7 rings (SSSR count). The number of hydrogen-bond donors (Lipinski definition) is 2. The number of benzene rings is 3. The van der Waals surface area contributed by atoms with Crippen molar-refractivity contribution in [2.45, 2.75) is 37.5 Å². The minimum atomic E-state index is -0.438. The number of ether oxygens (including phenoxy) is 1. The van der Waals surface area contributed by atoms with E-state index in [0.29, 0.717) is 22.2 Å². The fraction of sp³-hybridized carbons (Fsp3) is 0.333. The Labute approximate surface area is 205 Å². The summed E-state index contributed by atoms with van der Waals surface area (Å²) in [5.41, 5.74) is 5.44. The summed E-state index contributed by atoms with van der Waals surface area (Å²) >= 11 is 0. The number of anilines is 3. The number of rotatable bonds is 6.